The van der Waals surface area contributed by atoms with Crippen molar-refractivity contribution in [2.45, 2.75) is 78.1 Å². The van der Waals surface area contributed by atoms with Crippen molar-refractivity contribution in [1.82, 2.24) is 10.2 Å². The molecule has 0 radical (unpaired) electrons. The number of hydrogen-bond acceptors (Lipinski definition) is 4. The molecule has 2 aliphatic rings. The summed E-state index contributed by atoms with van der Waals surface area (Å²) in [6.45, 7) is 13.5. The van der Waals surface area contributed by atoms with E-state index in [4.69, 9.17) is 4.74 Å². The van der Waals surface area contributed by atoms with Crippen molar-refractivity contribution in [2.75, 3.05) is 13.1 Å². The van der Waals surface area contributed by atoms with Crippen LogP contribution in [0.4, 0.5) is 0 Å². The molecule has 4 rings (SSSR count). The van der Waals surface area contributed by atoms with E-state index in [1.54, 1.807) is 5.57 Å². The van der Waals surface area contributed by atoms with E-state index in [0.717, 1.165) is 19.6 Å². The van der Waals surface area contributed by atoms with Gasteiger partial charge in [-0.25, -0.2) is 4.79 Å². The number of carbonyl (C=O) groups is 1. The first-order chi connectivity index (χ1) is 16.7. The molecule has 0 spiro atoms. The molecule has 4 heteroatoms. The Hall–Kier alpha value is -2.43. The highest BCUT2D eigenvalue weighted by atomic mass is 16.6. The van der Waals surface area contributed by atoms with Crippen molar-refractivity contribution >= 4 is 12.0 Å². The highest BCUT2D eigenvalue weighted by molar-refractivity contribution is 5.89. The Bertz CT molecular complexity index is 997. The van der Waals surface area contributed by atoms with Crippen molar-refractivity contribution in [3.63, 3.8) is 0 Å². The fourth-order valence-corrected chi connectivity index (χ4v) is 5.09. The monoisotopic (exact) mass is 474 g/mol. The van der Waals surface area contributed by atoms with Crippen LogP contribution in [-0.2, 0) is 11.3 Å². The van der Waals surface area contributed by atoms with E-state index in [1.807, 2.05) is 32.9 Å². The van der Waals surface area contributed by atoms with Crippen molar-refractivity contribution in [2.24, 2.45) is 11.8 Å². The summed E-state index contributed by atoms with van der Waals surface area (Å²) in [6, 6.07) is 19.9. The van der Waals surface area contributed by atoms with E-state index in [2.05, 4.69) is 72.6 Å². The van der Waals surface area contributed by atoms with Gasteiger partial charge in [-0.2, -0.15) is 0 Å². The zero-order valence-electron chi connectivity index (χ0n) is 22.1. The topological polar surface area (TPSA) is 41.6 Å². The van der Waals surface area contributed by atoms with Crippen LogP contribution in [0.3, 0.4) is 0 Å². The van der Waals surface area contributed by atoms with Gasteiger partial charge in [0.05, 0.1) is 5.56 Å². The lowest BCUT2D eigenvalue weighted by Crippen LogP contribution is -2.43. The van der Waals surface area contributed by atoms with Crippen molar-refractivity contribution < 1.29 is 9.53 Å². The average molecular weight is 475 g/mol. The van der Waals surface area contributed by atoms with Gasteiger partial charge >= 0.3 is 5.97 Å². The molecule has 2 aromatic carbocycles. The summed E-state index contributed by atoms with van der Waals surface area (Å²) in [5.74, 6) is 1.00. The average Bonchev–Trinajstić information content (AvgIpc) is 3.57. The molecular weight excluding hydrogens is 432 g/mol. The van der Waals surface area contributed by atoms with Crippen LogP contribution in [-0.4, -0.2) is 41.6 Å². The molecule has 2 atom stereocenters. The number of ether oxygens (including phenoxy) is 1. The maximum atomic E-state index is 12.2. The van der Waals surface area contributed by atoms with Gasteiger partial charge < -0.3 is 10.1 Å². The second kappa shape index (κ2) is 11.1. The molecule has 4 nitrogen and oxygen atoms in total. The zero-order valence-corrected chi connectivity index (χ0v) is 22.1. The van der Waals surface area contributed by atoms with Gasteiger partial charge in [-0.3, -0.25) is 4.90 Å². The highest BCUT2D eigenvalue weighted by Crippen LogP contribution is 2.42. The largest absolute Gasteiger partial charge is 0.456 e. The lowest BCUT2D eigenvalue weighted by Gasteiger charge is -2.32. The molecular formula is C31H42N2O2. The zero-order chi connectivity index (χ0) is 25.0. The Kier molecular flexibility index (Phi) is 8.13. The summed E-state index contributed by atoms with van der Waals surface area (Å²) in [5, 5.41) is 3.97. The molecule has 0 aromatic heterocycles. The molecule has 2 unspecified atom stereocenters. The van der Waals surface area contributed by atoms with Crippen molar-refractivity contribution in [3.8, 4) is 0 Å². The number of likely N-dealkylation sites (tertiary alicyclic amines) is 1. The lowest BCUT2D eigenvalue weighted by atomic mass is 9.95. The minimum absolute atomic E-state index is 0.256. The van der Waals surface area contributed by atoms with Crippen LogP contribution >= 0.6 is 0 Å². The molecule has 0 amide bonds. The first-order valence-electron chi connectivity index (χ1n) is 13.2. The summed E-state index contributed by atoms with van der Waals surface area (Å²) in [7, 11) is 0. The van der Waals surface area contributed by atoms with Gasteiger partial charge in [-0.15, -0.1) is 0 Å². The molecule has 1 heterocycles. The van der Waals surface area contributed by atoms with Gasteiger partial charge in [0, 0.05) is 18.6 Å². The number of benzene rings is 2. The summed E-state index contributed by atoms with van der Waals surface area (Å²) >= 11 is 0. The predicted molar refractivity (Wildman–Crippen MR) is 144 cm³/mol. The number of rotatable bonds is 8. The number of piperidine rings is 1. The molecule has 1 aliphatic heterocycles. The van der Waals surface area contributed by atoms with Gasteiger partial charge in [-0.05, 0) is 88.2 Å². The number of nitrogens with zero attached hydrogens (tertiary/aromatic N) is 1. The third-order valence-corrected chi connectivity index (χ3v) is 7.05. The Morgan fingerprint density at radius 1 is 1.06 bits per heavy atom. The molecule has 1 N–H and O–H groups in total. The second-order valence-electron chi connectivity index (χ2n) is 11.6. The van der Waals surface area contributed by atoms with E-state index in [1.165, 1.54) is 30.4 Å². The minimum Gasteiger partial charge on any atom is -0.456 e. The van der Waals surface area contributed by atoms with E-state index < -0.39 is 5.60 Å². The number of esters is 1. The Balaban J connectivity index is 1.23. The molecule has 1 saturated carbocycles. The summed E-state index contributed by atoms with van der Waals surface area (Å²) in [5.41, 5.74) is 4.30. The van der Waals surface area contributed by atoms with Crippen molar-refractivity contribution in [3.05, 3.63) is 76.9 Å². The van der Waals surface area contributed by atoms with Gasteiger partial charge in [0.15, 0.2) is 0 Å². The Morgan fingerprint density at radius 2 is 1.71 bits per heavy atom. The normalized spacial score (nSPS) is 21.8. The Labute approximate surface area is 211 Å². The maximum Gasteiger partial charge on any atom is 0.338 e. The van der Waals surface area contributed by atoms with Gasteiger partial charge in [-0.1, -0.05) is 68.0 Å². The van der Waals surface area contributed by atoms with Crippen LogP contribution in [0, 0.1) is 11.8 Å². The summed E-state index contributed by atoms with van der Waals surface area (Å²) in [6.07, 6.45) is 6.06. The molecule has 1 aliphatic carbocycles. The third kappa shape index (κ3) is 7.52. The lowest BCUT2D eigenvalue weighted by molar-refractivity contribution is 0.00695. The fraction of sp³-hybridized carbons (Fsp3) is 0.516. The molecule has 2 fully saturated rings. The molecule has 1 saturated heterocycles. The quantitative estimate of drug-likeness (QED) is 0.454. The van der Waals surface area contributed by atoms with E-state index in [9.17, 15) is 4.79 Å². The van der Waals surface area contributed by atoms with Crippen LogP contribution in [0.15, 0.2) is 60.2 Å². The van der Waals surface area contributed by atoms with Crippen LogP contribution < -0.4 is 5.32 Å². The van der Waals surface area contributed by atoms with Crippen LogP contribution in [0.2, 0.25) is 0 Å². The summed E-state index contributed by atoms with van der Waals surface area (Å²) < 4.78 is 5.47. The van der Waals surface area contributed by atoms with E-state index in [-0.39, 0.29) is 5.97 Å². The summed E-state index contributed by atoms with van der Waals surface area (Å²) in [4.78, 5) is 14.8. The first kappa shape index (κ1) is 25.7. The Morgan fingerprint density at radius 3 is 2.31 bits per heavy atom. The SMILES string of the molecule is CC(C)/C(=C\c1ccccc1)C1CC1NC1CCN(Cc2ccc(C(=O)OC(C)(C)C)cc2)CC1. The second-order valence-corrected chi connectivity index (χ2v) is 11.6. The standard InChI is InChI=1S/C31H42N2O2/c1-22(2)27(19-23-9-7-6-8-10-23)28-20-29(28)32-26-15-17-33(18-16-26)21-24-11-13-25(14-12-24)30(34)35-31(3,4)5/h6-14,19,22,26,28-29,32H,15-18,20-21H2,1-5H3/b27-19+. The highest BCUT2D eigenvalue weighted by Gasteiger charge is 2.41. The molecule has 2 aromatic rings. The molecule has 0 bridgehead atoms. The number of carbonyl (C=O) groups excluding carboxylic acids is 1. The van der Waals surface area contributed by atoms with Crippen molar-refractivity contribution in [1.29, 1.82) is 0 Å². The van der Waals surface area contributed by atoms with Crippen LogP contribution in [0.5, 0.6) is 0 Å². The molecule has 35 heavy (non-hydrogen) atoms. The van der Waals surface area contributed by atoms with Crippen LogP contribution in [0.25, 0.3) is 6.08 Å². The third-order valence-electron chi connectivity index (χ3n) is 7.05. The van der Waals surface area contributed by atoms with Gasteiger partial charge in [0.1, 0.15) is 5.60 Å². The fourth-order valence-electron chi connectivity index (χ4n) is 5.09. The predicted octanol–water partition coefficient (Wildman–Crippen LogP) is 6.32. The minimum atomic E-state index is -0.469. The smallest absolute Gasteiger partial charge is 0.338 e. The van der Waals surface area contributed by atoms with Gasteiger partial charge in [0.25, 0.3) is 0 Å². The first-order valence-corrected chi connectivity index (χ1v) is 13.2. The van der Waals surface area contributed by atoms with Gasteiger partial charge in [0.2, 0.25) is 0 Å². The molecule has 188 valence electrons. The van der Waals surface area contributed by atoms with Crippen LogP contribution in [0.1, 0.15) is 75.4 Å². The van der Waals surface area contributed by atoms with E-state index >= 15 is 0 Å². The maximum absolute atomic E-state index is 12.2. The number of hydrogen-bond donors (Lipinski definition) is 1. The van der Waals surface area contributed by atoms with E-state index in [0.29, 0.717) is 29.5 Å². The number of nitrogens with one attached hydrogen (secondary N) is 1.